The average Bonchev–Trinajstić information content (AvgIpc) is 2.43. The molecule has 1 aromatic heterocycles. The van der Waals surface area contributed by atoms with E-state index in [-0.39, 0.29) is 18.1 Å². The van der Waals surface area contributed by atoms with Gasteiger partial charge in [-0.05, 0) is 20.3 Å². The van der Waals surface area contributed by atoms with E-state index >= 15 is 0 Å². The van der Waals surface area contributed by atoms with Crippen LogP contribution in [-0.4, -0.2) is 59.2 Å². The van der Waals surface area contributed by atoms with Crippen molar-refractivity contribution in [3.05, 3.63) is 24.3 Å². The van der Waals surface area contributed by atoms with Crippen molar-refractivity contribution in [2.45, 2.75) is 32.5 Å². The van der Waals surface area contributed by atoms with Crippen LogP contribution in [-0.2, 0) is 4.74 Å². The molecule has 0 bridgehead atoms. The second-order valence-corrected chi connectivity index (χ2v) is 5.22. The molecule has 1 aliphatic rings. The van der Waals surface area contributed by atoms with Gasteiger partial charge in [-0.2, -0.15) is 0 Å². The highest BCUT2D eigenvalue weighted by molar-refractivity contribution is 5.91. The van der Waals surface area contributed by atoms with Crippen LogP contribution in [0.25, 0.3) is 0 Å². The Morgan fingerprint density at radius 1 is 1.40 bits per heavy atom. The molecule has 0 spiro atoms. The third-order valence-electron chi connectivity index (χ3n) is 3.23. The zero-order valence-electron chi connectivity index (χ0n) is 12.1. The average molecular weight is 278 g/mol. The molecule has 1 saturated heterocycles. The molecular weight excluding hydrogens is 256 g/mol. The van der Waals surface area contributed by atoms with Gasteiger partial charge in [0, 0.05) is 38.6 Å². The number of aromatic nitrogens is 2. The topological polar surface area (TPSA) is 67.4 Å². The lowest BCUT2D eigenvalue weighted by Crippen LogP contribution is -2.46. The summed E-state index contributed by atoms with van der Waals surface area (Å²) >= 11 is 0. The largest absolute Gasteiger partial charge is 0.373 e. The number of carbonyl (C=O) groups is 1. The normalized spacial score (nSPS) is 23.5. The van der Waals surface area contributed by atoms with Gasteiger partial charge in [0.05, 0.1) is 18.4 Å². The van der Waals surface area contributed by atoms with Crippen molar-refractivity contribution >= 4 is 5.91 Å². The van der Waals surface area contributed by atoms with Gasteiger partial charge in [0.25, 0.3) is 5.91 Å². The van der Waals surface area contributed by atoms with Gasteiger partial charge in [-0.15, -0.1) is 0 Å². The number of nitrogens with zero attached hydrogens (tertiary/aromatic N) is 3. The molecule has 0 aromatic carbocycles. The number of carbonyl (C=O) groups excluding carboxylic acids is 1. The van der Waals surface area contributed by atoms with Gasteiger partial charge in [-0.1, -0.05) is 0 Å². The fourth-order valence-electron chi connectivity index (χ4n) is 2.48. The Labute approximate surface area is 119 Å². The number of hydrogen-bond acceptors (Lipinski definition) is 5. The lowest BCUT2D eigenvalue weighted by atomic mass is 10.2. The van der Waals surface area contributed by atoms with Crippen molar-refractivity contribution in [2.75, 3.05) is 26.2 Å². The highest BCUT2D eigenvalue weighted by Gasteiger charge is 2.21. The molecule has 6 nitrogen and oxygen atoms in total. The Kier molecular flexibility index (Phi) is 5.43. The molecule has 0 saturated carbocycles. The van der Waals surface area contributed by atoms with Crippen molar-refractivity contribution in [2.24, 2.45) is 0 Å². The van der Waals surface area contributed by atoms with Gasteiger partial charge in [0.2, 0.25) is 0 Å². The van der Waals surface area contributed by atoms with E-state index in [2.05, 4.69) is 34.0 Å². The summed E-state index contributed by atoms with van der Waals surface area (Å²) in [7, 11) is 0. The van der Waals surface area contributed by atoms with Crippen LogP contribution in [0, 0.1) is 0 Å². The molecule has 1 aromatic rings. The molecule has 2 atom stereocenters. The lowest BCUT2D eigenvalue weighted by Gasteiger charge is -2.35. The third kappa shape index (κ3) is 4.54. The zero-order chi connectivity index (χ0) is 14.4. The van der Waals surface area contributed by atoms with Gasteiger partial charge in [0.15, 0.2) is 0 Å². The smallest absolute Gasteiger partial charge is 0.271 e. The summed E-state index contributed by atoms with van der Waals surface area (Å²) in [5, 5.41) is 2.86. The first-order valence-electron chi connectivity index (χ1n) is 7.07. The minimum atomic E-state index is -0.165. The summed E-state index contributed by atoms with van der Waals surface area (Å²) in [6.07, 6.45) is 6.04. The highest BCUT2D eigenvalue weighted by Crippen LogP contribution is 2.10. The van der Waals surface area contributed by atoms with Gasteiger partial charge < -0.3 is 10.1 Å². The summed E-state index contributed by atoms with van der Waals surface area (Å²) < 4.78 is 5.69. The molecule has 2 rings (SSSR count). The molecule has 1 fully saturated rings. The fraction of sp³-hybridized carbons (Fsp3) is 0.643. The van der Waals surface area contributed by atoms with Gasteiger partial charge in [0.1, 0.15) is 5.69 Å². The minimum Gasteiger partial charge on any atom is -0.373 e. The van der Waals surface area contributed by atoms with E-state index in [1.165, 1.54) is 12.4 Å². The number of ether oxygens (including phenoxy) is 1. The van der Waals surface area contributed by atoms with Crippen molar-refractivity contribution in [1.82, 2.24) is 20.2 Å². The molecule has 1 amide bonds. The molecule has 0 aliphatic carbocycles. The van der Waals surface area contributed by atoms with Crippen LogP contribution in [0.2, 0.25) is 0 Å². The first-order valence-corrected chi connectivity index (χ1v) is 7.07. The lowest BCUT2D eigenvalue weighted by molar-refractivity contribution is -0.0679. The first-order chi connectivity index (χ1) is 9.65. The molecular formula is C14H22N4O2. The minimum absolute atomic E-state index is 0.165. The van der Waals surface area contributed by atoms with Crippen LogP contribution < -0.4 is 5.32 Å². The second-order valence-electron chi connectivity index (χ2n) is 5.22. The molecule has 2 heterocycles. The monoisotopic (exact) mass is 278 g/mol. The van der Waals surface area contributed by atoms with Crippen LogP contribution in [0.3, 0.4) is 0 Å². The number of rotatable bonds is 5. The van der Waals surface area contributed by atoms with E-state index in [0.29, 0.717) is 12.2 Å². The maximum Gasteiger partial charge on any atom is 0.271 e. The molecule has 6 heteroatoms. The quantitative estimate of drug-likeness (QED) is 0.803. The maximum atomic E-state index is 11.8. The highest BCUT2D eigenvalue weighted by atomic mass is 16.5. The van der Waals surface area contributed by atoms with E-state index in [9.17, 15) is 4.79 Å². The first kappa shape index (κ1) is 14.9. The van der Waals surface area contributed by atoms with Crippen LogP contribution in [0.5, 0.6) is 0 Å². The Morgan fingerprint density at radius 3 is 2.80 bits per heavy atom. The number of nitrogens with one attached hydrogen (secondary N) is 1. The van der Waals surface area contributed by atoms with Crippen LogP contribution in [0.15, 0.2) is 18.6 Å². The van der Waals surface area contributed by atoms with Crippen molar-refractivity contribution < 1.29 is 9.53 Å². The van der Waals surface area contributed by atoms with Crippen LogP contribution >= 0.6 is 0 Å². The Bertz CT molecular complexity index is 416. The summed E-state index contributed by atoms with van der Waals surface area (Å²) in [6.45, 7) is 7.73. The Balaban J connectivity index is 1.65. The standard InChI is InChI=1S/C14H22N4O2/c1-11-9-18(10-12(2)20-11)7-3-4-17-14(19)13-8-15-5-6-16-13/h5-6,8,11-12H,3-4,7,9-10H2,1-2H3,(H,17,19)/t11-,12+. The maximum absolute atomic E-state index is 11.8. The SMILES string of the molecule is C[C@@H]1CN(CCCNC(=O)c2cnccn2)C[C@H](C)O1. The van der Waals surface area contributed by atoms with E-state index in [0.717, 1.165) is 26.1 Å². The number of morpholine rings is 1. The van der Waals surface area contributed by atoms with Gasteiger partial charge in [-0.3, -0.25) is 14.7 Å². The molecule has 20 heavy (non-hydrogen) atoms. The molecule has 0 unspecified atom stereocenters. The van der Waals surface area contributed by atoms with Crippen LogP contribution in [0.1, 0.15) is 30.8 Å². The summed E-state index contributed by atoms with van der Waals surface area (Å²) in [5.41, 5.74) is 0.362. The molecule has 1 aliphatic heterocycles. The van der Waals surface area contributed by atoms with Gasteiger partial charge >= 0.3 is 0 Å². The predicted molar refractivity (Wildman–Crippen MR) is 75.4 cm³/mol. The van der Waals surface area contributed by atoms with E-state index < -0.39 is 0 Å². The fourth-order valence-corrected chi connectivity index (χ4v) is 2.48. The van der Waals surface area contributed by atoms with Crippen molar-refractivity contribution in [1.29, 1.82) is 0 Å². The molecule has 0 radical (unpaired) electrons. The number of hydrogen-bond donors (Lipinski definition) is 1. The summed E-state index contributed by atoms with van der Waals surface area (Å²) in [6, 6.07) is 0. The predicted octanol–water partition coefficient (Wildman–Crippen LogP) is 0.706. The van der Waals surface area contributed by atoms with E-state index in [1.807, 2.05) is 0 Å². The second kappa shape index (κ2) is 7.31. The Hall–Kier alpha value is -1.53. The van der Waals surface area contributed by atoms with Crippen molar-refractivity contribution in [3.63, 3.8) is 0 Å². The van der Waals surface area contributed by atoms with E-state index in [1.54, 1.807) is 6.20 Å². The zero-order valence-corrected chi connectivity index (χ0v) is 12.1. The van der Waals surface area contributed by atoms with E-state index in [4.69, 9.17) is 4.74 Å². The summed E-state index contributed by atoms with van der Waals surface area (Å²) in [4.78, 5) is 22.0. The van der Waals surface area contributed by atoms with Crippen molar-refractivity contribution in [3.8, 4) is 0 Å². The third-order valence-corrected chi connectivity index (χ3v) is 3.23. The van der Waals surface area contributed by atoms with Gasteiger partial charge in [-0.25, -0.2) is 4.98 Å². The molecule has 1 N–H and O–H groups in total. The van der Waals surface area contributed by atoms with Crippen LogP contribution in [0.4, 0.5) is 0 Å². The Morgan fingerprint density at radius 2 is 2.15 bits per heavy atom. The number of amides is 1. The molecule has 110 valence electrons. The summed E-state index contributed by atoms with van der Waals surface area (Å²) in [5.74, 6) is -0.165.